The summed E-state index contributed by atoms with van der Waals surface area (Å²) in [6, 6.07) is 0.218. The fraction of sp³-hybridized carbons (Fsp3) is 0.917. The average molecular weight is 214 g/mol. The Bertz CT molecular complexity index is 194. The van der Waals surface area contributed by atoms with E-state index in [1.54, 1.807) is 0 Å². The van der Waals surface area contributed by atoms with E-state index < -0.39 is 0 Å². The van der Waals surface area contributed by atoms with E-state index in [-0.39, 0.29) is 23.9 Å². The molecular formula is C12H26N2O. The second kappa shape index (κ2) is 6.11. The molecule has 3 N–H and O–H groups in total. The third-order valence-electron chi connectivity index (χ3n) is 2.60. The first kappa shape index (κ1) is 14.4. The maximum Gasteiger partial charge on any atom is 0.233 e. The normalized spacial score (nSPS) is 14.1. The molecule has 1 amide bonds. The molecule has 0 spiro atoms. The topological polar surface area (TPSA) is 55.1 Å². The maximum atomic E-state index is 11.3. The van der Waals surface area contributed by atoms with E-state index in [1.807, 2.05) is 0 Å². The number of carbonyl (C=O) groups excluding carboxylic acids is 1. The quantitative estimate of drug-likeness (QED) is 0.734. The fourth-order valence-electron chi connectivity index (χ4n) is 1.47. The summed E-state index contributed by atoms with van der Waals surface area (Å²) in [4.78, 5) is 11.3. The fourth-order valence-corrected chi connectivity index (χ4v) is 1.47. The van der Waals surface area contributed by atoms with Crippen LogP contribution < -0.4 is 11.1 Å². The Morgan fingerprint density at radius 2 is 1.80 bits per heavy atom. The van der Waals surface area contributed by atoms with E-state index >= 15 is 0 Å². The summed E-state index contributed by atoms with van der Waals surface area (Å²) < 4.78 is 0. The monoisotopic (exact) mass is 214 g/mol. The Balaban J connectivity index is 4.26. The van der Waals surface area contributed by atoms with E-state index in [4.69, 9.17) is 5.73 Å². The van der Waals surface area contributed by atoms with Gasteiger partial charge < -0.3 is 11.1 Å². The lowest BCUT2D eigenvalue weighted by Gasteiger charge is -2.32. The molecule has 15 heavy (non-hydrogen) atoms. The Morgan fingerprint density at radius 3 is 2.13 bits per heavy atom. The highest BCUT2D eigenvalue weighted by Gasteiger charge is 2.25. The first-order valence-electron chi connectivity index (χ1n) is 5.76. The van der Waals surface area contributed by atoms with Gasteiger partial charge in [-0.15, -0.1) is 0 Å². The van der Waals surface area contributed by atoms with Gasteiger partial charge >= 0.3 is 0 Å². The van der Waals surface area contributed by atoms with Gasteiger partial charge in [-0.2, -0.15) is 0 Å². The van der Waals surface area contributed by atoms with Gasteiger partial charge in [0.05, 0.1) is 6.54 Å². The Hall–Kier alpha value is -0.570. The van der Waals surface area contributed by atoms with Crippen LogP contribution in [-0.4, -0.2) is 18.5 Å². The number of hydrogen-bond acceptors (Lipinski definition) is 2. The van der Waals surface area contributed by atoms with Crippen LogP contribution in [0.1, 0.15) is 47.5 Å². The van der Waals surface area contributed by atoms with Gasteiger partial charge in [-0.05, 0) is 24.2 Å². The van der Waals surface area contributed by atoms with Crippen LogP contribution in [-0.2, 0) is 4.79 Å². The van der Waals surface area contributed by atoms with Gasteiger partial charge in [0.25, 0.3) is 0 Å². The molecular weight excluding hydrogens is 188 g/mol. The van der Waals surface area contributed by atoms with Gasteiger partial charge in [0.2, 0.25) is 5.91 Å². The number of hydrogen-bond donors (Lipinski definition) is 2. The van der Waals surface area contributed by atoms with Crippen LogP contribution in [0.15, 0.2) is 0 Å². The molecule has 3 nitrogen and oxygen atoms in total. The first-order chi connectivity index (χ1) is 6.77. The molecule has 0 aliphatic rings. The molecule has 0 rings (SSSR count). The average Bonchev–Trinajstić information content (AvgIpc) is 2.09. The molecule has 1 unspecified atom stereocenters. The number of amides is 1. The van der Waals surface area contributed by atoms with Crippen LogP contribution in [0.4, 0.5) is 0 Å². The van der Waals surface area contributed by atoms with Crippen molar-refractivity contribution in [2.24, 2.45) is 17.1 Å². The maximum absolute atomic E-state index is 11.3. The van der Waals surface area contributed by atoms with Crippen LogP contribution in [0.3, 0.4) is 0 Å². The number of rotatable bonds is 5. The van der Waals surface area contributed by atoms with Crippen molar-refractivity contribution in [3.05, 3.63) is 0 Å². The zero-order chi connectivity index (χ0) is 12.1. The zero-order valence-electron chi connectivity index (χ0n) is 10.8. The second-order valence-corrected chi connectivity index (χ2v) is 5.66. The highest BCUT2D eigenvalue weighted by atomic mass is 16.1. The summed E-state index contributed by atoms with van der Waals surface area (Å²) >= 11 is 0. The van der Waals surface area contributed by atoms with Crippen LogP contribution in [0.25, 0.3) is 0 Å². The highest BCUT2D eigenvalue weighted by molar-refractivity contribution is 5.78. The van der Waals surface area contributed by atoms with Crippen molar-refractivity contribution in [1.29, 1.82) is 0 Å². The molecule has 0 aliphatic heterocycles. The van der Waals surface area contributed by atoms with Crippen molar-refractivity contribution in [2.75, 3.05) is 6.54 Å². The summed E-state index contributed by atoms with van der Waals surface area (Å²) in [5.74, 6) is 0.614. The van der Waals surface area contributed by atoms with E-state index in [0.29, 0.717) is 5.92 Å². The number of nitrogens with one attached hydrogen (secondary N) is 1. The molecule has 0 aliphatic carbocycles. The number of nitrogens with two attached hydrogens (primary N) is 1. The smallest absolute Gasteiger partial charge is 0.233 e. The van der Waals surface area contributed by atoms with Crippen molar-refractivity contribution >= 4 is 5.91 Å². The number of carbonyl (C=O) groups is 1. The summed E-state index contributed by atoms with van der Waals surface area (Å²) in [6.07, 6.45) is 2.15. The standard InChI is InChI=1S/C12H26N2O/c1-9(2)6-7-10(12(3,4)5)14-11(15)8-13/h9-10H,6-8,13H2,1-5H3,(H,14,15). The largest absolute Gasteiger partial charge is 0.352 e. The Labute approximate surface area is 93.8 Å². The van der Waals surface area contributed by atoms with Gasteiger partial charge in [-0.25, -0.2) is 0 Å². The predicted molar refractivity (Wildman–Crippen MR) is 64.5 cm³/mol. The molecule has 0 aromatic rings. The molecule has 0 bridgehead atoms. The van der Waals surface area contributed by atoms with Crippen molar-refractivity contribution in [2.45, 2.75) is 53.5 Å². The second-order valence-electron chi connectivity index (χ2n) is 5.66. The van der Waals surface area contributed by atoms with Crippen molar-refractivity contribution in [3.8, 4) is 0 Å². The van der Waals surface area contributed by atoms with Gasteiger partial charge in [0.15, 0.2) is 0 Å². The SMILES string of the molecule is CC(C)CCC(NC(=O)CN)C(C)(C)C. The molecule has 0 saturated heterocycles. The molecule has 3 heteroatoms. The predicted octanol–water partition coefficient (Wildman–Crippen LogP) is 1.91. The lowest BCUT2D eigenvalue weighted by molar-refractivity contribution is -0.121. The minimum atomic E-state index is -0.0568. The minimum absolute atomic E-state index is 0.0568. The summed E-state index contributed by atoms with van der Waals surface area (Å²) in [5, 5.41) is 3.00. The first-order valence-corrected chi connectivity index (χ1v) is 5.76. The van der Waals surface area contributed by atoms with Crippen molar-refractivity contribution < 1.29 is 4.79 Å². The lowest BCUT2D eigenvalue weighted by Crippen LogP contribution is -2.46. The molecule has 0 aromatic heterocycles. The lowest BCUT2D eigenvalue weighted by atomic mass is 9.83. The van der Waals surface area contributed by atoms with Crippen LogP contribution in [0, 0.1) is 11.3 Å². The van der Waals surface area contributed by atoms with Gasteiger partial charge in [0, 0.05) is 6.04 Å². The van der Waals surface area contributed by atoms with Gasteiger partial charge in [0.1, 0.15) is 0 Å². The van der Waals surface area contributed by atoms with Crippen molar-refractivity contribution in [1.82, 2.24) is 5.32 Å². The molecule has 0 aromatic carbocycles. The zero-order valence-corrected chi connectivity index (χ0v) is 10.8. The third-order valence-corrected chi connectivity index (χ3v) is 2.60. The molecule has 1 atom stereocenters. The highest BCUT2D eigenvalue weighted by Crippen LogP contribution is 2.24. The molecule has 90 valence electrons. The van der Waals surface area contributed by atoms with Crippen LogP contribution >= 0.6 is 0 Å². The third kappa shape index (κ3) is 6.50. The summed E-state index contributed by atoms with van der Waals surface area (Å²) in [7, 11) is 0. The molecule has 0 saturated carbocycles. The van der Waals surface area contributed by atoms with Crippen LogP contribution in [0.2, 0.25) is 0 Å². The minimum Gasteiger partial charge on any atom is -0.352 e. The van der Waals surface area contributed by atoms with Gasteiger partial charge in [-0.1, -0.05) is 34.6 Å². The Kier molecular flexibility index (Phi) is 5.88. The van der Waals surface area contributed by atoms with Crippen molar-refractivity contribution in [3.63, 3.8) is 0 Å². The molecule has 0 radical (unpaired) electrons. The molecule has 0 fully saturated rings. The Morgan fingerprint density at radius 1 is 1.27 bits per heavy atom. The van der Waals surface area contributed by atoms with E-state index in [2.05, 4.69) is 39.9 Å². The van der Waals surface area contributed by atoms with Crippen LogP contribution in [0.5, 0.6) is 0 Å². The summed E-state index contributed by atoms with van der Waals surface area (Å²) in [6.45, 7) is 10.9. The molecule has 0 heterocycles. The van der Waals surface area contributed by atoms with E-state index in [9.17, 15) is 4.79 Å². The van der Waals surface area contributed by atoms with E-state index in [1.165, 1.54) is 0 Å². The van der Waals surface area contributed by atoms with E-state index in [0.717, 1.165) is 12.8 Å². The summed E-state index contributed by atoms with van der Waals surface area (Å²) in [5.41, 5.74) is 5.40. The van der Waals surface area contributed by atoms with Gasteiger partial charge in [-0.3, -0.25) is 4.79 Å².